The van der Waals surface area contributed by atoms with Gasteiger partial charge >= 0.3 is 0 Å². The second-order valence-corrected chi connectivity index (χ2v) is 8.27. The molecule has 26 heavy (non-hydrogen) atoms. The molecule has 0 spiro atoms. The summed E-state index contributed by atoms with van der Waals surface area (Å²) in [6.45, 7) is 0.705. The van der Waals surface area contributed by atoms with Crippen molar-refractivity contribution in [1.82, 2.24) is 5.32 Å². The van der Waals surface area contributed by atoms with E-state index in [4.69, 9.17) is 0 Å². The van der Waals surface area contributed by atoms with Crippen molar-refractivity contribution < 1.29 is 4.79 Å². The molecule has 6 heteroatoms. The van der Waals surface area contributed by atoms with E-state index in [1.807, 2.05) is 19.2 Å². The van der Waals surface area contributed by atoms with Crippen molar-refractivity contribution in [1.29, 1.82) is 0 Å². The molecule has 5 rings (SSSR count). The van der Waals surface area contributed by atoms with Crippen LogP contribution in [0.5, 0.6) is 0 Å². The van der Waals surface area contributed by atoms with Gasteiger partial charge in [0.2, 0.25) is 5.91 Å². The number of amides is 1. The number of rotatable bonds is 6. The van der Waals surface area contributed by atoms with Gasteiger partial charge in [0.15, 0.2) is 0 Å². The minimum atomic E-state index is 0. The number of carbonyl (C=O) groups excluding carboxylic acids is 1. The van der Waals surface area contributed by atoms with Gasteiger partial charge in [-0.3, -0.25) is 4.79 Å². The summed E-state index contributed by atoms with van der Waals surface area (Å²) < 4.78 is 0. The molecule has 0 saturated heterocycles. The summed E-state index contributed by atoms with van der Waals surface area (Å²) in [6, 6.07) is 8.19. The van der Waals surface area contributed by atoms with Crippen LogP contribution in [0.25, 0.3) is 0 Å². The van der Waals surface area contributed by atoms with E-state index in [1.54, 1.807) is 0 Å². The molecule has 1 aromatic carbocycles. The van der Waals surface area contributed by atoms with Crippen molar-refractivity contribution in [3.63, 3.8) is 0 Å². The Morgan fingerprint density at radius 2 is 1.54 bits per heavy atom. The number of benzene rings is 1. The van der Waals surface area contributed by atoms with Crippen LogP contribution in [0.1, 0.15) is 44.9 Å². The summed E-state index contributed by atoms with van der Waals surface area (Å²) in [4.78, 5) is 12.1. The molecule has 0 radical (unpaired) electrons. The third-order valence-electron chi connectivity index (χ3n) is 6.24. The van der Waals surface area contributed by atoms with E-state index in [2.05, 4.69) is 28.1 Å². The number of halogens is 2. The molecule has 4 aliphatic carbocycles. The van der Waals surface area contributed by atoms with Crippen molar-refractivity contribution in [2.45, 2.75) is 50.5 Å². The molecule has 0 unspecified atom stereocenters. The highest BCUT2D eigenvalue weighted by Crippen LogP contribution is 2.56. The Hall–Kier alpha value is -0.970. The Labute approximate surface area is 169 Å². The summed E-state index contributed by atoms with van der Waals surface area (Å²) in [6.07, 6.45) is 8.77. The Kier molecular flexibility index (Phi) is 7.23. The normalized spacial score (nSPS) is 30.9. The van der Waals surface area contributed by atoms with E-state index >= 15 is 0 Å². The van der Waals surface area contributed by atoms with Crippen LogP contribution in [0.15, 0.2) is 24.3 Å². The molecule has 3 N–H and O–H groups in total. The molecular weight excluding hydrogens is 369 g/mol. The van der Waals surface area contributed by atoms with Gasteiger partial charge in [-0.05, 0) is 75.5 Å². The van der Waals surface area contributed by atoms with E-state index in [0.717, 1.165) is 29.1 Å². The molecule has 4 aliphatic rings. The molecular formula is C20H31Cl2N3O. The Bertz CT molecular complexity index is 588. The first-order valence-corrected chi connectivity index (χ1v) is 9.47. The van der Waals surface area contributed by atoms with Crippen LogP contribution in [0.3, 0.4) is 0 Å². The van der Waals surface area contributed by atoms with Crippen molar-refractivity contribution >= 4 is 42.1 Å². The van der Waals surface area contributed by atoms with Gasteiger partial charge in [0.1, 0.15) is 0 Å². The fraction of sp³-hybridized carbons (Fsp3) is 0.650. The molecule has 0 heterocycles. The number of anilines is 2. The maximum atomic E-state index is 12.1. The number of carbonyl (C=O) groups is 1. The lowest BCUT2D eigenvalue weighted by atomic mass is 9.53. The summed E-state index contributed by atoms with van der Waals surface area (Å²) in [5, 5.41) is 10.00. The van der Waals surface area contributed by atoms with Crippen LogP contribution in [-0.4, -0.2) is 25.0 Å². The number of nitrogens with one attached hydrogen (secondary N) is 3. The third kappa shape index (κ3) is 4.47. The van der Waals surface area contributed by atoms with Gasteiger partial charge in [0.25, 0.3) is 0 Å². The van der Waals surface area contributed by atoms with Crippen molar-refractivity contribution in [3.05, 3.63) is 24.3 Å². The molecule has 4 fully saturated rings. The van der Waals surface area contributed by atoms with E-state index < -0.39 is 0 Å². The molecule has 4 bridgehead atoms. The van der Waals surface area contributed by atoms with Crippen LogP contribution in [0.2, 0.25) is 0 Å². The average molecular weight is 400 g/mol. The quantitative estimate of drug-likeness (QED) is 0.661. The van der Waals surface area contributed by atoms with Crippen molar-refractivity contribution in [2.75, 3.05) is 24.2 Å². The molecule has 1 aromatic rings. The molecule has 4 nitrogen and oxygen atoms in total. The first-order chi connectivity index (χ1) is 11.7. The van der Waals surface area contributed by atoms with Crippen LogP contribution in [-0.2, 0) is 4.79 Å². The van der Waals surface area contributed by atoms with Crippen molar-refractivity contribution in [2.24, 2.45) is 17.8 Å². The van der Waals surface area contributed by atoms with E-state index in [-0.39, 0.29) is 36.3 Å². The minimum absolute atomic E-state index is 0. The van der Waals surface area contributed by atoms with E-state index in [1.165, 1.54) is 38.5 Å². The fourth-order valence-corrected chi connectivity index (χ4v) is 5.70. The van der Waals surface area contributed by atoms with Gasteiger partial charge in [0.05, 0.1) is 11.4 Å². The summed E-state index contributed by atoms with van der Waals surface area (Å²) in [7, 11) is 1.87. The maximum Gasteiger partial charge on any atom is 0.225 e. The first-order valence-electron chi connectivity index (χ1n) is 9.47. The third-order valence-corrected chi connectivity index (χ3v) is 6.24. The lowest BCUT2D eigenvalue weighted by Crippen LogP contribution is -2.54. The Morgan fingerprint density at radius 3 is 2.08 bits per heavy atom. The lowest BCUT2D eigenvalue weighted by molar-refractivity contribution is -0.116. The zero-order valence-corrected chi connectivity index (χ0v) is 17.1. The second kappa shape index (κ2) is 8.81. The summed E-state index contributed by atoms with van der Waals surface area (Å²) in [5.41, 5.74) is 2.28. The fourth-order valence-electron chi connectivity index (χ4n) is 5.70. The summed E-state index contributed by atoms with van der Waals surface area (Å²) >= 11 is 0. The van der Waals surface area contributed by atoms with Gasteiger partial charge in [-0.1, -0.05) is 12.1 Å². The zero-order chi connectivity index (χ0) is 16.6. The molecule has 1 amide bonds. The average Bonchev–Trinajstić information content (AvgIpc) is 2.53. The smallest absolute Gasteiger partial charge is 0.225 e. The lowest BCUT2D eigenvalue weighted by Gasteiger charge is -2.57. The second-order valence-electron chi connectivity index (χ2n) is 8.27. The predicted molar refractivity (Wildman–Crippen MR) is 113 cm³/mol. The predicted octanol–water partition coefficient (Wildman–Crippen LogP) is 4.46. The van der Waals surface area contributed by atoms with E-state index in [9.17, 15) is 4.79 Å². The van der Waals surface area contributed by atoms with Crippen LogP contribution >= 0.6 is 24.8 Å². The SMILES string of the molecule is CNCCC(=O)Nc1ccccc1NC12CC3CC(CC(C3)C1)C2.Cl.Cl. The van der Waals surface area contributed by atoms with Crippen LogP contribution < -0.4 is 16.0 Å². The van der Waals surface area contributed by atoms with Crippen LogP contribution in [0, 0.1) is 17.8 Å². The van der Waals surface area contributed by atoms with Gasteiger partial charge in [-0.25, -0.2) is 0 Å². The molecule has 0 aliphatic heterocycles. The maximum absolute atomic E-state index is 12.1. The first kappa shape index (κ1) is 21.3. The largest absolute Gasteiger partial charge is 0.378 e. The molecule has 4 saturated carbocycles. The number of hydrogen-bond acceptors (Lipinski definition) is 3. The highest BCUT2D eigenvalue weighted by atomic mass is 35.5. The zero-order valence-electron chi connectivity index (χ0n) is 15.4. The Balaban J connectivity index is 0.00000121. The number of para-hydroxylation sites is 2. The minimum Gasteiger partial charge on any atom is -0.378 e. The molecule has 0 aromatic heterocycles. The monoisotopic (exact) mass is 399 g/mol. The highest BCUT2D eigenvalue weighted by molar-refractivity contribution is 5.94. The molecule has 146 valence electrons. The van der Waals surface area contributed by atoms with Gasteiger partial charge in [-0.15, -0.1) is 24.8 Å². The highest BCUT2D eigenvalue weighted by Gasteiger charge is 2.51. The van der Waals surface area contributed by atoms with Gasteiger partial charge < -0.3 is 16.0 Å². The number of hydrogen-bond donors (Lipinski definition) is 3. The van der Waals surface area contributed by atoms with Crippen LogP contribution in [0.4, 0.5) is 11.4 Å². The Morgan fingerprint density at radius 1 is 1.00 bits per heavy atom. The van der Waals surface area contributed by atoms with Crippen molar-refractivity contribution in [3.8, 4) is 0 Å². The van der Waals surface area contributed by atoms with Gasteiger partial charge in [0, 0.05) is 18.5 Å². The van der Waals surface area contributed by atoms with Gasteiger partial charge in [-0.2, -0.15) is 0 Å². The summed E-state index contributed by atoms with van der Waals surface area (Å²) in [5.74, 6) is 2.83. The topological polar surface area (TPSA) is 53.2 Å². The molecule has 0 atom stereocenters. The standard InChI is InChI=1S/C20H29N3O.2ClH/c1-21-7-6-19(24)22-17-4-2-3-5-18(17)23-20-11-14-8-15(12-20)10-16(9-14)13-20;;/h2-5,14-16,21,23H,6-13H2,1H3,(H,22,24);2*1H. The van der Waals surface area contributed by atoms with E-state index in [0.29, 0.717) is 13.0 Å².